The molecule has 1 N–H and O–H groups in total. The fraction of sp³-hybridized carbons (Fsp3) is 0.850. The van der Waals surface area contributed by atoms with E-state index in [4.69, 9.17) is 0 Å². The van der Waals surface area contributed by atoms with Crippen LogP contribution < -0.4 is 0 Å². The Balaban J connectivity index is 1.71. The lowest BCUT2D eigenvalue weighted by molar-refractivity contribution is -0.117. The van der Waals surface area contributed by atoms with Gasteiger partial charge in [-0.3, -0.25) is 4.79 Å². The number of carbonyl (C=O) groups excluding carboxylic acids is 1. The molecule has 0 spiro atoms. The summed E-state index contributed by atoms with van der Waals surface area (Å²) in [6.45, 7) is 7.03. The van der Waals surface area contributed by atoms with Gasteiger partial charge in [-0.2, -0.15) is 0 Å². The Morgan fingerprint density at radius 2 is 1.86 bits per heavy atom. The average Bonchev–Trinajstić information content (AvgIpc) is 2.75. The molecule has 0 radical (unpaired) electrons. The molecular weight excluding hydrogens is 272 g/mol. The van der Waals surface area contributed by atoms with Gasteiger partial charge in [-0.15, -0.1) is 0 Å². The minimum atomic E-state index is -0.0913. The van der Waals surface area contributed by atoms with Crippen LogP contribution in [0.4, 0.5) is 0 Å². The molecule has 22 heavy (non-hydrogen) atoms. The van der Waals surface area contributed by atoms with Crippen molar-refractivity contribution in [2.24, 2.45) is 34.5 Å². The van der Waals surface area contributed by atoms with Crippen LogP contribution in [0.2, 0.25) is 0 Å². The van der Waals surface area contributed by atoms with E-state index in [1.54, 1.807) is 0 Å². The van der Waals surface area contributed by atoms with Gasteiger partial charge in [0.25, 0.3) is 0 Å². The maximum atomic E-state index is 11.9. The number of allylic oxidation sites excluding steroid dienone is 1. The SMILES string of the molecule is CC1(C)C[C@@H]2[C@H](CC[C@]3(C)[C@@H](O)CC[C@@H]23)[C@H]2CCC(=O)C=C21. The summed E-state index contributed by atoms with van der Waals surface area (Å²) >= 11 is 0. The van der Waals surface area contributed by atoms with Gasteiger partial charge in [0.05, 0.1) is 6.10 Å². The van der Waals surface area contributed by atoms with Crippen LogP contribution in [0.5, 0.6) is 0 Å². The maximum absolute atomic E-state index is 11.9. The Kier molecular flexibility index (Phi) is 3.18. The van der Waals surface area contributed by atoms with Gasteiger partial charge in [0.2, 0.25) is 0 Å². The number of rotatable bonds is 0. The van der Waals surface area contributed by atoms with E-state index in [-0.39, 0.29) is 16.9 Å². The lowest BCUT2D eigenvalue weighted by atomic mass is 9.48. The summed E-state index contributed by atoms with van der Waals surface area (Å²) < 4.78 is 0. The second-order valence-corrected chi connectivity index (χ2v) is 9.37. The van der Waals surface area contributed by atoms with Crippen LogP contribution in [0.15, 0.2) is 11.6 Å². The third kappa shape index (κ3) is 1.92. The van der Waals surface area contributed by atoms with E-state index >= 15 is 0 Å². The van der Waals surface area contributed by atoms with Crippen LogP contribution in [0, 0.1) is 34.5 Å². The molecule has 2 nitrogen and oxygen atoms in total. The highest BCUT2D eigenvalue weighted by Gasteiger charge is 2.58. The van der Waals surface area contributed by atoms with Gasteiger partial charge >= 0.3 is 0 Å². The van der Waals surface area contributed by atoms with Gasteiger partial charge in [-0.05, 0) is 79.1 Å². The number of hydrogen-bond donors (Lipinski definition) is 1. The van der Waals surface area contributed by atoms with E-state index in [0.717, 1.165) is 31.1 Å². The first-order chi connectivity index (χ1) is 10.3. The van der Waals surface area contributed by atoms with Crippen molar-refractivity contribution in [3.63, 3.8) is 0 Å². The van der Waals surface area contributed by atoms with Gasteiger partial charge in [0, 0.05) is 6.42 Å². The molecule has 122 valence electrons. The molecule has 0 saturated heterocycles. The summed E-state index contributed by atoms with van der Waals surface area (Å²) in [7, 11) is 0. The standard InChI is InChI=1S/C20H30O2/c1-19(2)11-15-13(14-5-4-12(21)10-17(14)19)8-9-20(3)16(15)6-7-18(20)22/h10,13-16,18,22H,4-9,11H2,1-3H3/t13-,14-,15-,16+,18+,20+/m1/s1. The quantitative estimate of drug-likeness (QED) is 0.730. The zero-order chi connectivity index (χ0) is 15.7. The van der Waals surface area contributed by atoms with Crippen LogP contribution in [-0.4, -0.2) is 17.0 Å². The van der Waals surface area contributed by atoms with Gasteiger partial charge < -0.3 is 5.11 Å². The van der Waals surface area contributed by atoms with E-state index < -0.39 is 0 Å². The van der Waals surface area contributed by atoms with Crippen molar-refractivity contribution in [2.45, 2.75) is 71.8 Å². The van der Waals surface area contributed by atoms with Crippen LogP contribution >= 0.6 is 0 Å². The van der Waals surface area contributed by atoms with Gasteiger partial charge in [0.1, 0.15) is 0 Å². The van der Waals surface area contributed by atoms with Crippen LogP contribution in [0.1, 0.15) is 65.7 Å². The van der Waals surface area contributed by atoms with Crippen molar-refractivity contribution < 1.29 is 9.90 Å². The lowest BCUT2D eigenvalue weighted by Crippen LogP contribution is -2.51. The Hall–Kier alpha value is -0.630. The average molecular weight is 302 g/mol. The fourth-order valence-electron chi connectivity index (χ4n) is 6.74. The largest absolute Gasteiger partial charge is 0.393 e. The highest BCUT2D eigenvalue weighted by molar-refractivity contribution is 5.91. The molecule has 0 unspecified atom stereocenters. The number of ketones is 1. The highest BCUT2D eigenvalue weighted by Crippen LogP contribution is 2.64. The maximum Gasteiger partial charge on any atom is 0.155 e. The number of hydrogen-bond acceptors (Lipinski definition) is 2. The van der Waals surface area contributed by atoms with Crippen molar-refractivity contribution >= 4 is 5.78 Å². The number of fused-ring (bicyclic) bond motifs is 5. The second kappa shape index (κ2) is 4.69. The topological polar surface area (TPSA) is 37.3 Å². The van der Waals surface area contributed by atoms with E-state index in [1.165, 1.54) is 31.3 Å². The smallest absolute Gasteiger partial charge is 0.155 e. The molecule has 0 aromatic rings. The van der Waals surface area contributed by atoms with Gasteiger partial charge in [-0.25, -0.2) is 0 Å². The van der Waals surface area contributed by atoms with E-state index in [9.17, 15) is 9.90 Å². The molecule has 0 heterocycles. The zero-order valence-electron chi connectivity index (χ0n) is 14.3. The van der Waals surface area contributed by atoms with Gasteiger partial charge in [0.15, 0.2) is 5.78 Å². The Morgan fingerprint density at radius 1 is 1.09 bits per heavy atom. The molecule has 3 saturated carbocycles. The molecular formula is C20H30O2. The normalized spacial score (nSPS) is 49.9. The van der Waals surface area contributed by atoms with E-state index in [2.05, 4.69) is 20.8 Å². The molecule has 0 aromatic carbocycles. The first-order valence-corrected chi connectivity index (χ1v) is 9.26. The van der Waals surface area contributed by atoms with Crippen molar-refractivity contribution in [1.29, 1.82) is 0 Å². The molecule has 0 bridgehead atoms. The molecule has 2 heteroatoms. The van der Waals surface area contributed by atoms with Crippen molar-refractivity contribution in [3.05, 3.63) is 11.6 Å². The van der Waals surface area contributed by atoms with Gasteiger partial charge in [-0.1, -0.05) is 26.3 Å². The third-order valence-corrected chi connectivity index (χ3v) is 7.90. The van der Waals surface area contributed by atoms with Crippen molar-refractivity contribution in [2.75, 3.05) is 0 Å². The summed E-state index contributed by atoms with van der Waals surface area (Å²) in [5.74, 6) is 3.18. The summed E-state index contributed by atoms with van der Waals surface area (Å²) in [4.78, 5) is 11.9. The van der Waals surface area contributed by atoms with E-state index in [0.29, 0.717) is 17.6 Å². The summed E-state index contributed by atoms with van der Waals surface area (Å²) in [6, 6.07) is 0. The van der Waals surface area contributed by atoms with Crippen LogP contribution in [-0.2, 0) is 4.79 Å². The first kappa shape index (κ1) is 14.9. The molecule has 0 aromatic heterocycles. The molecule has 0 aliphatic heterocycles. The minimum absolute atomic E-state index is 0.0913. The Bertz CT molecular complexity index is 532. The lowest BCUT2D eigenvalue weighted by Gasteiger charge is -2.57. The van der Waals surface area contributed by atoms with Crippen molar-refractivity contribution in [1.82, 2.24) is 0 Å². The number of aliphatic hydroxyl groups excluding tert-OH is 1. The monoisotopic (exact) mass is 302 g/mol. The molecule has 4 aliphatic carbocycles. The molecule has 4 aliphatic rings. The van der Waals surface area contributed by atoms with E-state index in [1.807, 2.05) is 6.08 Å². The summed E-state index contributed by atoms with van der Waals surface area (Å²) in [5.41, 5.74) is 1.77. The Labute approximate surface area is 134 Å². The molecule has 0 amide bonds. The molecule has 6 atom stereocenters. The van der Waals surface area contributed by atoms with Crippen molar-refractivity contribution in [3.8, 4) is 0 Å². The number of carbonyl (C=O) groups is 1. The molecule has 4 rings (SSSR count). The summed E-state index contributed by atoms with van der Waals surface area (Å²) in [5, 5.41) is 10.5. The third-order valence-electron chi connectivity index (χ3n) is 7.90. The zero-order valence-corrected chi connectivity index (χ0v) is 14.3. The number of aliphatic hydroxyl groups is 1. The minimum Gasteiger partial charge on any atom is -0.393 e. The van der Waals surface area contributed by atoms with Crippen LogP contribution in [0.3, 0.4) is 0 Å². The van der Waals surface area contributed by atoms with Crippen LogP contribution in [0.25, 0.3) is 0 Å². The summed E-state index contributed by atoms with van der Waals surface area (Å²) in [6.07, 6.45) is 9.57. The first-order valence-electron chi connectivity index (χ1n) is 9.26. The molecule has 3 fully saturated rings. The Morgan fingerprint density at radius 3 is 2.64 bits per heavy atom. The predicted octanol–water partition coefficient (Wildman–Crippen LogP) is 4.13. The fourth-order valence-corrected chi connectivity index (χ4v) is 6.74. The highest BCUT2D eigenvalue weighted by atomic mass is 16.3. The second-order valence-electron chi connectivity index (χ2n) is 9.37. The predicted molar refractivity (Wildman–Crippen MR) is 87.3 cm³/mol.